The Bertz CT molecular complexity index is 1230. The molecule has 0 atom stereocenters. The molecule has 2 aromatic heterocycles. The largest absolute Gasteiger partial charge is 0.361 e. The highest BCUT2D eigenvalue weighted by atomic mass is 79.9. The lowest BCUT2D eigenvalue weighted by molar-refractivity contribution is -0.782. The topological polar surface area (TPSA) is 155 Å². The first kappa shape index (κ1) is 16.0. The van der Waals surface area contributed by atoms with Gasteiger partial charge in [0, 0.05) is 27.1 Å². The van der Waals surface area contributed by atoms with Gasteiger partial charge in [-0.05, 0) is 23.1 Å². The van der Waals surface area contributed by atoms with Crippen LogP contribution in [0.25, 0.3) is 33.1 Å². The maximum Gasteiger partial charge on any atom is 0.333 e. The Labute approximate surface area is 150 Å². The number of rotatable bonds is 3. The molecule has 0 aliphatic carbocycles. The highest BCUT2D eigenvalue weighted by molar-refractivity contribution is 9.10. The second kappa shape index (κ2) is 5.49. The van der Waals surface area contributed by atoms with Crippen LogP contribution in [0, 0.1) is 25.4 Å². The number of hydrogen-bond acceptors (Lipinski definition) is 7. The van der Waals surface area contributed by atoms with Crippen LogP contribution in [0.4, 0.5) is 11.4 Å². The van der Waals surface area contributed by atoms with Crippen LogP contribution in [0.2, 0.25) is 0 Å². The summed E-state index contributed by atoms with van der Waals surface area (Å²) >= 11 is 3.32. The summed E-state index contributed by atoms with van der Waals surface area (Å²) in [7, 11) is 0. The molecule has 0 aliphatic heterocycles. The number of nitro benzene ring substituents is 2. The van der Waals surface area contributed by atoms with Gasteiger partial charge in [-0.3, -0.25) is 24.9 Å². The molecule has 0 saturated carbocycles. The van der Waals surface area contributed by atoms with Crippen molar-refractivity contribution in [3.8, 4) is 11.1 Å². The van der Waals surface area contributed by atoms with E-state index in [1.807, 2.05) is 0 Å². The summed E-state index contributed by atoms with van der Waals surface area (Å²) in [5.74, 6) is 0. The first-order chi connectivity index (χ1) is 12.4. The monoisotopic (exact) mass is 419 g/mol. The Balaban J connectivity index is 2.21. The zero-order chi connectivity index (χ0) is 18.6. The smallest absolute Gasteiger partial charge is 0.333 e. The summed E-state index contributed by atoms with van der Waals surface area (Å²) < 4.78 is 5.19. The molecule has 26 heavy (non-hydrogen) atoms. The Kier molecular flexibility index (Phi) is 3.37. The Morgan fingerprint density at radius 3 is 2.58 bits per heavy atom. The van der Waals surface area contributed by atoms with Crippen molar-refractivity contribution >= 4 is 49.2 Å². The molecule has 0 saturated heterocycles. The quantitative estimate of drug-likeness (QED) is 0.303. The van der Waals surface area contributed by atoms with Crippen molar-refractivity contribution < 1.29 is 19.4 Å². The number of hydrogen-bond donors (Lipinski definition) is 1. The minimum Gasteiger partial charge on any atom is -0.361 e. The highest BCUT2D eigenvalue weighted by Crippen LogP contribution is 2.42. The molecule has 0 spiro atoms. The van der Waals surface area contributed by atoms with Gasteiger partial charge < -0.3 is 10.2 Å². The Morgan fingerprint density at radius 1 is 1.15 bits per heavy atom. The minimum atomic E-state index is -0.854. The van der Waals surface area contributed by atoms with Gasteiger partial charge in [-0.2, -0.15) is 0 Å². The molecule has 4 rings (SSSR count). The number of halogens is 1. The van der Waals surface area contributed by atoms with Crippen LogP contribution in [0.15, 0.2) is 39.6 Å². The van der Waals surface area contributed by atoms with Gasteiger partial charge in [0.15, 0.2) is 0 Å². The Hall–Kier alpha value is -3.54. The second-order valence-electron chi connectivity index (χ2n) is 5.32. The Morgan fingerprint density at radius 2 is 1.88 bits per heavy atom. The molecule has 0 bridgehead atoms. The van der Waals surface area contributed by atoms with Crippen LogP contribution in [0.1, 0.15) is 0 Å². The predicted octanol–water partition coefficient (Wildman–Crippen LogP) is 3.19. The van der Waals surface area contributed by atoms with Crippen LogP contribution < -0.4 is 4.90 Å². The van der Waals surface area contributed by atoms with Crippen molar-refractivity contribution in [3.05, 3.63) is 60.4 Å². The SMILES string of the molecule is O=[N+]([O-])c1cc([N+](=O)[O-])c2no[n+]([O-])c2c1-c1c[nH]c2ccc(Br)cc12. The number of aromatic nitrogens is 3. The van der Waals surface area contributed by atoms with Crippen molar-refractivity contribution in [1.29, 1.82) is 0 Å². The van der Waals surface area contributed by atoms with Gasteiger partial charge in [0.05, 0.1) is 21.1 Å². The highest BCUT2D eigenvalue weighted by Gasteiger charge is 2.35. The van der Waals surface area contributed by atoms with E-state index in [2.05, 4.69) is 30.7 Å². The van der Waals surface area contributed by atoms with Gasteiger partial charge in [0.25, 0.3) is 5.69 Å². The van der Waals surface area contributed by atoms with Crippen LogP contribution in [-0.4, -0.2) is 20.0 Å². The summed E-state index contributed by atoms with van der Waals surface area (Å²) in [6.45, 7) is 0. The summed E-state index contributed by atoms with van der Waals surface area (Å²) in [6.07, 6.45) is 1.48. The van der Waals surface area contributed by atoms with Crippen molar-refractivity contribution in [2.24, 2.45) is 0 Å². The first-order valence-electron chi connectivity index (χ1n) is 7.00. The summed E-state index contributed by atoms with van der Waals surface area (Å²) in [5, 5.41) is 38.9. The molecule has 12 heteroatoms. The van der Waals surface area contributed by atoms with Crippen LogP contribution in [0.5, 0.6) is 0 Å². The van der Waals surface area contributed by atoms with Gasteiger partial charge in [-0.1, -0.05) is 15.9 Å². The number of nitrogens with one attached hydrogen (secondary N) is 1. The molecule has 0 unspecified atom stereocenters. The maximum atomic E-state index is 12.1. The lowest BCUT2D eigenvalue weighted by Crippen LogP contribution is -2.23. The molecule has 0 fully saturated rings. The van der Waals surface area contributed by atoms with Crippen LogP contribution in [0.3, 0.4) is 0 Å². The molecule has 11 nitrogen and oxygen atoms in total. The molecule has 0 radical (unpaired) electrons. The lowest BCUT2D eigenvalue weighted by atomic mass is 10.0. The summed E-state index contributed by atoms with van der Waals surface area (Å²) in [6, 6.07) is 6.00. The standard InChI is InChI=1S/C14H6BrN5O6/c15-6-1-2-9-7(3-6)8(5-16-9)12-10(18(21)22)4-11(19(23)24)13-14(12)20(25)26-17-13/h1-5,16H. The van der Waals surface area contributed by atoms with Gasteiger partial charge in [0.2, 0.25) is 5.52 Å². The van der Waals surface area contributed by atoms with Gasteiger partial charge in [-0.15, -0.1) is 0 Å². The molecule has 0 aliphatic rings. The summed E-state index contributed by atoms with van der Waals surface area (Å²) in [4.78, 5) is 24.1. The normalized spacial score (nSPS) is 11.3. The third-order valence-electron chi connectivity index (χ3n) is 3.93. The average Bonchev–Trinajstić information content (AvgIpc) is 3.17. The number of nitrogens with zero attached hydrogens (tertiary/aromatic N) is 4. The van der Waals surface area contributed by atoms with Gasteiger partial charge in [-0.25, -0.2) is 0 Å². The van der Waals surface area contributed by atoms with Crippen molar-refractivity contribution in [2.45, 2.75) is 0 Å². The number of H-pyrrole nitrogens is 1. The number of fused-ring (bicyclic) bond motifs is 2. The third kappa shape index (κ3) is 2.19. The number of benzene rings is 2. The molecule has 1 N–H and O–H groups in total. The van der Waals surface area contributed by atoms with Crippen LogP contribution in [-0.2, 0) is 0 Å². The molecule has 2 aromatic carbocycles. The van der Waals surface area contributed by atoms with Gasteiger partial charge >= 0.3 is 11.2 Å². The third-order valence-corrected chi connectivity index (χ3v) is 4.42. The van der Waals surface area contributed by atoms with Gasteiger partial charge in [0.1, 0.15) is 5.56 Å². The van der Waals surface area contributed by atoms with E-state index in [4.69, 9.17) is 0 Å². The molecular formula is C14H6BrN5O6. The molecule has 2 heterocycles. The van der Waals surface area contributed by atoms with E-state index in [0.29, 0.717) is 20.9 Å². The van der Waals surface area contributed by atoms with E-state index < -0.39 is 21.2 Å². The van der Waals surface area contributed by atoms with E-state index in [-0.39, 0.29) is 21.5 Å². The fourth-order valence-corrected chi connectivity index (χ4v) is 3.23. The van der Waals surface area contributed by atoms with E-state index in [0.717, 1.165) is 6.07 Å². The fraction of sp³-hybridized carbons (Fsp3) is 0. The molecule has 0 amide bonds. The van der Waals surface area contributed by atoms with E-state index in [9.17, 15) is 25.4 Å². The number of aromatic amines is 1. The van der Waals surface area contributed by atoms with Crippen LogP contribution >= 0.6 is 15.9 Å². The molecule has 4 aromatic rings. The predicted molar refractivity (Wildman–Crippen MR) is 91.3 cm³/mol. The van der Waals surface area contributed by atoms with Crippen molar-refractivity contribution in [1.82, 2.24) is 10.1 Å². The van der Waals surface area contributed by atoms with Crippen molar-refractivity contribution in [3.63, 3.8) is 0 Å². The van der Waals surface area contributed by atoms with E-state index in [1.165, 1.54) is 6.20 Å². The first-order valence-corrected chi connectivity index (χ1v) is 7.80. The van der Waals surface area contributed by atoms with Crippen molar-refractivity contribution in [2.75, 3.05) is 0 Å². The minimum absolute atomic E-state index is 0.0680. The fourth-order valence-electron chi connectivity index (χ4n) is 2.87. The van der Waals surface area contributed by atoms with E-state index >= 15 is 0 Å². The number of non-ortho nitro benzene ring substituents is 1. The zero-order valence-corrected chi connectivity index (χ0v) is 14.1. The maximum absolute atomic E-state index is 12.1. The van der Waals surface area contributed by atoms with E-state index in [1.54, 1.807) is 18.2 Å². The second-order valence-corrected chi connectivity index (χ2v) is 6.24. The zero-order valence-electron chi connectivity index (χ0n) is 12.5. The number of nitro groups is 2. The lowest BCUT2D eigenvalue weighted by Gasteiger charge is -2.03. The summed E-state index contributed by atoms with van der Waals surface area (Å²) in [5.41, 5.74) is -1.16. The molecule has 130 valence electrons. The average molecular weight is 420 g/mol. The molecular weight excluding hydrogens is 414 g/mol.